The number of pyridine rings is 1. The molecule has 1 aliphatic heterocycles. The van der Waals surface area contributed by atoms with E-state index in [1.807, 2.05) is 36.4 Å². The molecule has 0 bridgehead atoms. The minimum absolute atomic E-state index is 0.269. The number of benzene rings is 2. The molecule has 6 nitrogen and oxygen atoms in total. The lowest BCUT2D eigenvalue weighted by Gasteiger charge is -2.21. The van der Waals surface area contributed by atoms with E-state index in [9.17, 15) is 9.90 Å². The highest BCUT2D eigenvalue weighted by molar-refractivity contribution is 6.04. The minimum atomic E-state index is -0.966. The predicted octanol–water partition coefficient (Wildman–Crippen LogP) is 4.19. The van der Waals surface area contributed by atoms with Gasteiger partial charge in [0.25, 0.3) is 0 Å². The number of aromatic carboxylic acids is 1. The van der Waals surface area contributed by atoms with Crippen LogP contribution in [0.4, 0.5) is 0 Å². The van der Waals surface area contributed by atoms with Crippen molar-refractivity contribution in [3.63, 3.8) is 0 Å². The van der Waals surface area contributed by atoms with Crippen molar-refractivity contribution in [1.82, 2.24) is 4.98 Å². The molecule has 142 valence electrons. The number of carboxylic acid groups (broad SMARTS) is 1. The summed E-state index contributed by atoms with van der Waals surface area (Å²) in [5, 5.41) is 10.3. The van der Waals surface area contributed by atoms with E-state index in [4.69, 9.17) is 14.2 Å². The molecule has 0 amide bonds. The molecule has 3 aromatic rings. The summed E-state index contributed by atoms with van der Waals surface area (Å²) >= 11 is 0. The van der Waals surface area contributed by atoms with Crippen LogP contribution in [0.1, 0.15) is 27.2 Å². The first-order valence-corrected chi connectivity index (χ1v) is 8.87. The van der Waals surface area contributed by atoms with Crippen molar-refractivity contribution in [2.75, 3.05) is 20.3 Å². The summed E-state index contributed by atoms with van der Waals surface area (Å²) < 4.78 is 16.7. The number of fused-ring (bicyclic) bond motifs is 2. The zero-order chi connectivity index (χ0) is 19.7. The number of nitrogens with zero attached hydrogens (tertiary/aromatic N) is 1. The Balaban J connectivity index is 1.79. The number of hydrogen-bond acceptors (Lipinski definition) is 5. The molecular weight excluding hydrogens is 358 g/mol. The number of rotatable bonds is 4. The third kappa shape index (κ3) is 3.13. The first kappa shape index (κ1) is 17.9. The third-order valence-corrected chi connectivity index (χ3v) is 4.67. The molecule has 6 heteroatoms. The van der Waals surface area contributed by atoms with Gasteiger partial charge >= 0.3 is 5.97 Å². The Bertz CT molecular complexity index is 1090. The number of carbonyl (C=O) groups is 1. The van der Waals surface area contributed by atoms with Gasteiger partial charge in [0.2, 0.25) is 5.75 Å². The second-order valence-electron chi connectivity index (χ2n) is 6.40. The van der Waals surface area contributed by atoms with Crippen LogP contribution in [-0.4, -0.2) is 36.4 Å². The van der Waals surface area contributed by atoms with E-state index in [1.165, 1.54) is 0 Å². The third-order valence-electron chi connectivity index (χ3n) is 4.67. The standard InChI is InChI=1S/C22H19NO5/c1-13-16(23-17-6-4-3-5-15(17)20(13)22(24)25)8-7-14-11-18(26-2)21-19(12-14)27-9-10-28-21/h3-8,11-12H,9-10H2,1-2H3,(H,24,25). The van der Waals surface area contributed by atoms with Crippen LogP contribution in [0.3, 0.4) is 0 Å². The van der Waals surface area contributed by atoms with Crippen molar-refractivity contribution < 1.29 is 24.1 Å². The Kier molecular flexibility index (Phi) is 4.61. The first-order chi connectivity index (χ1) is 13.6. The maximum absolute atomic E-state index is 11.8. The van der Waals surface area contributed by atoms with Gasteiger partial charge in [0.05, 0.1) is 23.9 Å². The van der Waals surface area contributed by atoms with Gasteiger partial charge in [0, 0.05) is 5.39 Å². The van der Waals surface area contributed by atoms with Crippen LogP contribution in [0.2, 0.25) is 0 Å². The Hall–Kier alpha value is -3.54. The van der Waals surface area contributed by atoms with Crippen LogP contribution in [-0.2, 0) is 0 Å². The van der Waals surface area contributed by atoms with Gasteiger partial charge in [-0.25, -0.2) is 9.78 Å². The zero-order valence-electron chi connectivity index (χ0n) is 15.6. The molecule has 0 radical (unpaired) electrons. The van der Waals surface area contributed by atoms with Crippen molar-refractivity contribution in [1.29, 1.82) is 0 Å². The van der Waals surface area contributed by atoms with Gasteiger partial charge in [0.1, 0.15) is 13.2 Å². The lowest BCUT2D eigenvalue weighted by Crippen LogP contribution is -2.16. The van der Waals surface area contributed by atoms with Crippen LogP contribution in [0.15, 0.2) is 36.4 Å². The summed E-state index contributed by atoms with van der Waals surface area (Å²) in [6.45, 7) is 2.74. The van der Waals surface area contributed by atoms with Gasteiger partial charge in [-0.1, -0.05) is 24.3 Å². The van der Waals surface area contributed by atoms with Crippen molar-refractivity contribution in [2.45, 2.75) is 6.92 Å². The van der Waals surface area contributed by atoms with Crippen molar-refractivity contribution in [2.24, 2.45) is 0 Å². The van der Waals surface area contributed by atoms with Gasteiger partial charge in [-0.15, -0.1) is 0 Å². The maximum atomic E-state index is 11.8. The van der Waals surface area contributed by atoms with Gasteiger partial charge in [-0.05, 0) is 42.3 Å². The molecular formula is C22H19NO5. The second kappa shape index (κ2) is 7.23. The summed E-state index contributed by atoms with van der Waals surface area (Å²) in [5.41, 5.74) is 2.97. The fraction of sp³-hybridized carbons (Fsp3) is 0.182. The first-order valence-electron chi connectivity index (χ1n) is 8.87. The molecule has 0 spiro atoms. The fourth-order valence-corrected chi connectivity index (χ4v) is 3.33. The van der Waals surface area contributed by atoms with Crippen LogP contribution in [0.25, 0.3) is 23.1 Å². The van der Waals surface area contributed by atoms with E-state index in [2.05, 4.69) is 4.98 Å². The molecule has 2 aromatic carbocycles. The largest absolute Gasteiger partial charge is 0.493 e. The van der Waals surface area contributed by atoms with E-state index in [-0.39, 0.29) is 5.56 Å². The highest BCUT2D eigenvalue weighted by Crippen LogP contribution is 2.40. The summed E-state index contributed by atoms with van der Waals surface area (Å²) in [7, 11) is 1.58. The number of hydrogen-bond donors (Lipinski definition) is 1. The number of carboxylic acids is 1. The molecule has 0 aliphatic carbocycles. The molecule has 0 fully saturated rings. The molecule has 0 saturated heterocycles. The Labute approximate surface area is 162 Å². The van der Waals surface area contributed by atoms with Crippen molar-refractivity contribution in [3.05, 3.63) is 58.8 Å². The van der Waals surface area contributed by atoms with E-state index < -0.39 is 5.97 Å². The topological polar surface area (TPSA) is 77.9 Å². The molecule has 0 atom stereocenters. The average Bonchev–Trinajstić information content (AvgIpc) is 2.71. The van der Waals surface area contributed by atoms with Crippen LogP contribution >= 0.6 is 0 Å². The van der Waals surface area contributed by atoms with Gasteiger partial charge < -0.3 is 19.3 Å². The molecule has 2 heterocycles. The van der Waals surface area contributed by atoms with Crippen molar-refractivity contribution in [3.8, 4) is 17.2 Å². The number of para-hydroxylation sites is 1. The van der Waals surface area contributed by atoms with Crippen LogP contribution in [0, 0.1) is 6.92 Å². The molecule has 1 aromatic heterocycles. The van der Waals surface area contributed by atoms with E-state index in [1.54, 1.807) is 26.2 Å². The van der Waals surface area contributed by atoms with E-state index >= 15 is 0 Å². The number of aromatic nitrogens is 1. The highest BCUT2D eigenvalue weighted by atomic mass is 16.6. The van der Waals surface area contributed by atoms with Crippen LogP contribution in [0.5, 0.6) is 17.2 Å². The lowest BCUT2D eigenvalue weighted by molar-refractivity contribution is 0.0698. The SMILES string of the molecule is COc1cc(C=Cc2nc3ccccc3c(C(=O)O)c2C)cc2c1OCCO2. The maximum Gasteiger partial charge on any atom is 0.336 e. The van der Waals surface area contributed by atoms with E-state index in [0.717, 1.165) is 5.56 Å². The Morgan fingerprint density at radius 1 is 1.18 bits per heavy atom. The molecule has 4 rings (SSSR count). The average molecular weight is 377 g/mol. The molecule has 1 N–H and O–H groups in total. The van der Waals surface area contributed by atoms with Gasteiger partial charge in [0.15, 0.2) is 11.5 Å². The number of ether oxygens (including phenoxy) is 3. The summed E-state index contributed by atoms with van der Waals surface area (Å²) in [6.07, 6.45) is 3.66. The Morgan fingerprint density at radius 3 is 2.75 bits per heavy atom. The highest BCUT2D eigenvalue weighted by Gasteiger charge is 2.18. The van der Waals surface area contributed by atoms with E-state index in [0.29, 0.717) is 52.6 Å². The predicted molar refractivity (Wildman–Crippen MR) is 106 cm³/mol. The summed E-state index contributed by atoms with van der Waals surface area (Å²) in [6, 6.07) is 11.0. The second-order valence-corrected chi connectivity index (χ2v) is 6.40. The lowest BCUT2D eigenvalue weighted by atomic mass is 10.0. The molecule has 0 unspecified atom stereocenters. The molecule has 0 saturated carbocycles. The smallest absolute Gasteiger partial charge is 0.336 e. The fourth-order valence-electron chi connectivity index (χ4n) is 3.33. The normalized spacial score (nSPS) is 13.1. The monoisotopic (exact) mass is 377 g/mol. The van der Waals surface area contributed by atoms with Gasteiger partial charge in [-0.2, -0.15) is 0 Å². The zero-order valence-corrected chi connectivity index (χ0v) is 15.6. The summed E-state index contributed by atoms with van der Waals surface area (Å²) in [4.78, 5) is 16.4. The molecule has 1 aliphatic rings. The summed E-state index contributed by atoms with van der Waals surface area (Å²) in [5.74, 6) is 0.844. The Morgan fingerprint density at radius 2 is 1.96 bits per heavy atom. The van der Waals surface area contributed by atoms with Crippen molar-refractivity contribution >= 4 is 29.0 Å². The van der Waals surface area contributed by atoms with Gasteiger partial charge in [-0.3, -0.25) is 0 Å². The molecule has 28 heavy (non-hydrogen) atoms. The quantitative estimate of drug-likeness (QED) is 0.734. The number of methoxy groups -OCH3 is 1. The minimum Gasteiger partial charge on any atom is -0.493 e. The van der Waals surface area contributed by atoms with Crippen LogP contribution < -0.4 is 14.2 Å².